The lowest BCUT2D eigenvalue weighted by atomic mass is 9.65. The highest BCUT2D eigenvalue weighted by Gasteiger charge is 2.79. The van der Waals surface area contributed by atoms with Gasteiger partial charge in [0.25, 0.3) is 0 Å². The number of nitrogens with zero attached hydrogens (tertiary/aromatic N) is 1. The number of rotatable bonds is 10. The SMILES string of the molecule is CC[C@]12CCC3(O1)C(C(=O)Nc1ccccc1Cl)N([C@@H](CO)CC(C)C)C(=O)[C@@H]3[C@H]2C(=O)NCc1ccccc1. The van der Waals surface area contributed by atoms with Gasteiger partial charge in [0.1, 0.15) is 11.6 Å². The van der Waals surface area contributed by atoms with E-state index in [-0.39, 0.29) is 24.3 Å². The number of fused-ring (bicyclic) bond motifs is 1. The quantitative estimate of drug-likeness (QED) is 0.400. The van der Waals surface area contributed by atoms with Gasteiger partial charge in [-0.05, 0) is 49.3 Å². The number of amides is 3. The summed E-state index contributed by atoms with van der Waals surface area (Å²) in [5, 5.41) is 16.8. The Morgan fingerprint density at radius 3 is 2.45 bits per heavy atom. The van der Waals surface area contributed by atoms with Gasteiger partial charge in [-0.2, -0.15) is 0 Å². The number of aliphatic hydroxyl groups excluding tert-OH is 1. The van der Waals surface area contributed by atoms with E-state index in [1.54, 1.807) is 24.3 Å². The largest absolute Gasteiger partial charge is 0.394 e. The second-order valence-corrected chi connectivity index (χ2v) is 12.1. The number of hydrogen-bond acceptors (Lipinski definition) is 5. The second-order valence-electron chi connectivity index (χ2n) is 11.7. The molecule has 3 fully saturated rings. The smallest absolute Gasteiger partial charge is 0.250 e. The first-order valence-corrected chi connectivity index (χ1v) is 14.6. The molecule has 2 bridgehead atoms. The summed E-state index contributed by atoms with van der Waals surface area (Å²) in [5.41, 5.74) is -0.643. The molecule has 3 amide bonds. The Morgan fingerprint density at radius 1 is 1.10 bits per heavy atom. The average molecular weight is 568 g/mol. The number of carbonyl (C=O) groups is 3. The molecular weight excluding hydrogens is 530 g/mol. The highest BCUT2D eigenvalue weighted by atomic mass is 35.5. The molecule has 40 heavy (non-hydrogen) atoms. The highest BCUT2D eigenvalue weighted by Crippen LogP contribution is 2.64. The first-order chi connectivity index (χ1) is 19.2. The summed E-state index contributed by atoms with van der Waals surface area (Å²) < 4.78 is 6.81. The Morgan fingerprint density at radius 2 is 1.80 bits per heavy atom. The van der Waals surface area contributed by atoms with E-state index >= 15 is 0 Å². The van der Waals surface area contributed by atoms with E-state index in [4.69, 9.17) is 16.3 Å². The van der Waals surface area contributed by atoms with Gasteiger partial charge in [0.15, 0.2) is 0 Å². The van der Waals surface area contributed by atoms with Crippen LogP contribution in [0.15, 0.2) is 54.6 Å². The van der Waals surface area contributed by atoms with Crippen molar-refractivity contribution < 1.29 is 24.2 Å². The molecule has 0 aromatic heterocycles. The number of benzene rings is 2. The van der Waals surface area contributed by atoms with Crippen molar-refractivity contribution in [3.05, 3.63) is 65.2 Å². The van der Waals surface area contributed by atoms with Crippen LogP contribution in [-0.4, -0.2) is 57.6 Å². The van der Waals surface area contributed by atoms with Crippen molar-refractivity contribution in [1.82, 2.24) is 10.2 Å². The number of anilines is 1. The summed E-state index contributed by atoms with van der Waals surface area (Å²) in [4.78, 5) is 43.9. The van der Waals surface area contributed by atoms with Gasteiger partial charge >= 0.3 is 0 Å². The van der Waals surface area contributed by atoms with Gasteiger partial charge < -0.3 is 25.4 Å². The molecule has 1 spiro atoms. The van der Waals surface area contributed by atoms with Gasteiger partial charge in [-0.15, -0.1) is 0 Å². The molecule has 9 heteroatoms. The standard InChI is InChI=1S/C31H38ClN3O5/c1-4-30-14-15-31(40-30)25(24(30)27(37)33-17-20-10-6-5-7-11-20)29(39)35(21(18-36)16-19(2)3)26(31)28(38)34-23-13-9-8-12-22(23)32/h5-13,19,21,24-26,36H,4,14-18H2,1-3H3,(H,33,37)(H,34,38)/t21-,24+,25+,26?,30-,31?/m1/s1. The Hall–Kier alpha value is -2.94. The third-order valence-corrected chi connectivity index (χ3v) is 9.27. The Bertz CT molecular complexity index is 1270. The molecule has 2 aromatic carbocycles. The molecule has 3 aliphatic heterocycles. The molecule has 3 heterocycles. The lowest BCUT2D eigenvalue weighted by Crippen LogP contribution is -2.56. The van der Waals surface area contributed by atoms with E-state index in [1.165, 1.54) is 4.90 Å². The van der Waals surface area contributed by atoms with E-state index in [0.29, 0.717) is 42.9 Å². The van der Waals surface area contributed by atoms with Gasteiger partial charge in [-0.1, -0.05) is 74.8 Å². The minimum atomic E-state index is -1.18. The Labute approximate surface area is 240 Å². The lowest BCUT2D eigenvalue weighted by molar-refractivity contribution is -0.149. The molecule has 2 unspecified atom stereocenters. The van der Waals surface area contributed by atoms with Crippen molar-refractivity contribution in [2.24, 2.45) is 17.8 Å². The molecule has 5 rings (SSSR count). The number of aliphatic hydroxyl groups is 1. The van der Waals surface area contributed by atoms with Crippen LogP contribution in [0.5, 0.6) is 0 Å². The molecule has 8 nitrogen and oxygen atoms in total. The number of likely N-dealkylation sites (tertiary alicyclic amines) is 1. The zero-order chi connectivity index (χ0) is 28.7. The van der Waals surface area contributed by atoms with Crippen LogP contribution in [-0.2, 0) is 25.7 Å². The van der Waals surface area contributed by atoms with Gasteiger partial charge in [0.2, 0.25) is 17.7 Å². The van der Waals surface area contributed by atoms with Crippen molar-refractivity contribution in [2.45, 2.75) is 76.3 Å². The fourth-order valence-electron chi connectivity index (χ4n) is 7.23. The van der Waals surface area contributed by atoms with Crippen LogP contribution in [0.1, 0.15) is 52.0 Å². The van der Waals surface area contributed by atoms with E-state index < -0.39 is 41.0 Å². The molecule has 3 N–H and O–H groups in total. The number of halogens is 1. The molecule has 214 valence electrons. The van der Waals surface area contributed by atoms with Crippen molar-refractivity contribution in [2.75, 3.05) is 11.9 Å². The minimum Gasteiger partial charge on any atom is -0.394 e. The van der Waals surface area contributed by atoms with Gasteiger partial charge in [0.05, 0.1) is 40.8 Å². The maximum atomic E-state index is 14.4. The van der Waals surface area contributed by atoms with Crippen LogP contribution in [0.4, 0.5) is 5.69 Å². The zero-order valence-electron chi connectivity index (χ0n) is 23.2. The molecule has 0 radical (unpaired) electrons. The topological polar surface area (TPSA) is 108 Å². The normalized spacial score (nSPS) is 29.5. The molecule has 3 aliphatic rings. The maximum absolute atomic E-state index is 14.4. The van der Waals surface area contributed by atoms with Crippen LogP contribution in [0.3, 0.4) is 0 Å². The maximum Gasteiger partial charge on any atom is 0.250 e. The number of para-hydroxylation sites is 1. The Balaban J connectivity index is 1.53. The molecule has 0 aliphatic carbocycles. The summed E-state index contributed by atoms with van der Waals surface area (Å²) in [6.45, 7) is 6.02. The van der Waals surface area contributed by atoms with E-state index in [9.17, 15) is 19.5 Å². The van der Waals surface area contributed by atoms with Crippen LogP contribution < -0.4 is 10.6 Å². The van der Waals surface area contributed by atoms with Crippen molar-refractivity contribution in [3.8, 4) is 0 Å². The van der Waals surface area contributed by atoms with Crippen molar-refractivity contribution >= 4 is 35.0 Å². The molecule has 0 saturated carbocycles. The Kier molecular flexibility index (Phi) is 7.97. The predicted molar refractivity (Wildman–Crippen MR) is 152 cm³/mol. The minimum absolute atomic E-state index is 0.166. The van der Waals surface area contributed by atoms with Crippen LogP contribution in [0.25, 0.3) is 0 Å². The summed E-state index contributed by atoms with van der Waals surface area (Å²) in [6, 6.07) is 14.9. The lowest BCUT2D eigenvalue weighted by Gasteiger charge is -2.38. The van der Waals surface area contributed by atoms with Gasteiger partial charge in [-0.3, -0.25) is 14.4 Å². The van der Waals surface area contributed by atoms with Gasteiger partial charge in [-0.25, -0.2) is 0 Å². The van der Waals surface area contributed by atoms with Crippen LogP contribution in [0, 0.1) is 17.8 Å². The first-order valence-electron chi connectivity index (χ1n) is 14.2. The third-order valence-electron chi connectivity index (χ3n) is 8.94. The van der Waals surface area contributed by atoms with Crippen LogP contribution >= 0.6 is 11.6 Å². The van der Waals surface area contributed by atoms with Crippen molar-refractivity contribution in [1.29, 1.82) is 0 Å². The van der Waals surface area contributed by atoms with E-state index in [0.717, 1.165) is 5.56 Å². The highest BCUT2D eigenvalue weighted by molar-refractivity contribution is 6.33. The molecular formula is C31H38ClN3O5. The molecule has 2 aromatic rings. The fourth-order valence-corrected chi connectivity index (χ4v) is 7.41. The fraction of sp³-hybridized carbons (Fsp3) is 0.516. The molecule has 3 saturated heterocycles. The van der Waals surface area contributed by atoms with Gasteiger partial charge in [0, 0.05) is 6.54 Å². The van der Waals surface area contributed by atoms with E-state index in [2.05, 4.69) is 10.6 Å². The second kappa shape index (κ2) is 11.1. The average Bonchev–Trinajstić information content (AvgIpc) is 3.55. The zero-order valence-corrected chi connectivity index (χ0v) is 24.0. The van der Waals surface area contributed by atoms with Crippen LogP contribution in [0.2, 0.25) is 5.02 Å². The van der Waals surface area contributed by atoms with Crippen molar-refractivity contribution in [3.63, 3.8) is 0 Å². The van der Waals surface area contributed by atoms with E-state index in [1.807, 2.05) is 51.1 Å². The summed E-state index contributed by atoms with van der Waals surface area (Å²) in [7, 11) is 0. The number of hydrogen-bond donors (Lipinski definition) is 3. The monoisotopic (exact) mass is 567 g/mol. The summed E-state index contributed by atoms with van der Waals surface area (Å²) in [5.74, 6) is -2.40. The predicted octanol–water partition coefficient (Wildman–Crippen LogP) is 4.16. The molecule has 6 atom stereocenters. The summed E-state index contributed by atoms with van der Waals surface area (Å²) >= 11 is 6.36. The number of carbonyl (C=O) groups excluding carboxylic acids is 3. The number of nitrogens with one attached hydrogen (secondary N) is 2. The summed E-state index contributed by atoms with van der Waals surface area (Å²) in [6.07, 6.45) is 2.08. The number of ether oxygens (including phenoxy) is 1. The first kappa shape index (κ1) is 28.6. The third kappa shape index (κ3) is 4.70.